The summed E-state index contributed by atoms with van der Waals surface area (Å²) in [6.07, 6.45) is 1.50. The van der Waals surface area contributed by atoms with Crippen LogP contribution in [-0.2, 0) is 27.9 Å². The number of sulfonamides is 1. The zero-order valence-electron chi connectivity index (χ0n) is 15.2. The molecular weight excluding hydrogens is 480 g/mol. The first kappa shape index (κ1) is 21.6. The van der Waals surface area contributed by atoms with Crippen molar-refractivity contribution in [3.05, 3.63) is 87.7 Å². The third kappa shape index (κ3) is 5.70. The lowest BCUT2D eigenvalue weighted by atomic mass is 10.2. The molecule has 0 bridgehead atoms. The molecule has 0 saturated heterocycles. The van der Waals surface area contributed by atoms with Crippen LogP contribution in [0.25, 0.3) is 0 Å². The minimum Gasteiger partial charge on any atom is -0.467 e. The topological polar surface area (TPSA) is 79.6 Å². The number of hydrogen-bond acceptors (Lipinski definition) is 4. The smallest absolute Gasteiger partial charge is 0.243 e. The first-order chi connectivity index (χ1) is 13.9. The van der Waals surface area contributed by atoms with Gasteiger partial charge in [0.15, 0.2) is 0 Å². The molecule has 6 nitrogen and oxygen atoms in total. The highest BCUT2D eigenvalue weighted by Crippen LogP contribution is 2.23. The molecule has 0 radical (unpaired) electrons. The second-order valence-corrected chi connectivity index (χ2v) is 9.44. The SMILES string of the molecule is O=C(CN(Cc1ccccc1Cl)S(=O)(=O)c1ccc(Br)cc1)NCc1ccco1. The van der Waals surface area contributed by atoms with Gasteiger partial charge in [-0.15, -0.1) is 0 Å². The maximum absolute atomic E-state index is 13.2. The van der Waals surface area contributed by atoms with E-state index in [0.717, 1.165) is 8.78 Å². The van der Waals surface area contributed by atoms with Gasteiger partial charge >= 0.3 is 0 Å². The van der Waals surface area contributed by atoms with E-state index < -0.39 is 15.9 Å². The predicted octanol–water partition coefficient (Wildman–Crippen LogP) is 4.20. The fourth-order valence-corrected chi connectivity index (χ4v) is 4.45. The van der Waals surface area contributed by atoms with E-state index in [9.17, 15) is 13.2 Å². The van der Waals surface area contributed by atoms with Gasteiger partial charge in [0.25, 0.3) is 0 Å². The van der Waals surface area contributed by atoms with E-state index in [2.05, 4.69) is 21.2 Å². The van der Waals surface area contributed by atoms with Crippen molar-refractivity contribution in [3.8, 4) is 0 Å². The van der Waals surface area contributed by atoms with Crippen LogP contribution >= 0.6 is 27.5 Å². The fraction of sp³-hybridized carbons (Fsp3) is 0.150. The van der Waals surface area contributed by atoms with Gasteiger partial charge in [-0.05, 0) is 48.0 Å². The monoisotopic (exact) mass is 496 g/mol. The molecule has 0 saturated carbocycles. The standard InChI is InChI=1S/C20H18BrClN2O4S/c21-16-7-9-18(10-8-16)29(26,27)24(13-15-4-1-2-6-19(15)22)14-20(25)23-12-17-5-3-11-28-17/h1-11H,12-14H2,(H,23,25). The Kier molecular flexibility index (Phi) is 7.13. The highest BCUT2D eigenvalue weighted by atomic mass is 79.9. The summed E-state index contributed by atoms with van der Waals surface area (Å²) in [5, 5.41) is 3.10. The Morgan fingerprint density at radius 3 is 2.45 bits per heavy atom. The summed E-state index contributed by atoms with van der Waals surface area (Å²) in [4.78, 5) is 12.5. The molecule has 3 rings (SSSR count). The van der Waals surface area contributed by atoms with E-state index in [-0.39, 0.29) is 24.5 Å². The van der Waals surface area contributed by atoms with Gasteiger partial charge in [0.2, 0.25) is 15.9 Å². The van der Waals surface area contributed by atoms with Crippen LogP contribution in [-0.4, -0.2) is 25.2 Å². The Morgan fingerprint density at radius 1 is 1.07 bits per heavy atom. The molecule has 1 N–H and O–H groups in total. The largest absolute Gasteiger partial charge is 0.467 e. The lowest BCUT2D eigenvalue weighted by molar-refractivity contribution is -0.121. The lowest BCUT2D eigenvalue weighted by Gasteiger charge is -2.22. The van der Waals surface area contributed by atoms with E-state index in [0.29, 0.717) is 16.3 Å². The summed E-state index contributed by atoms with van der Waals surface area (Å²) in [6.45, 7) is -0.222. The quantitative estimate of drug-likeness (QED) is 0.506. The van der Waals surface area contributed by atoms with Gasteiger partial charge in [0, 0.05) is 16.0 Å². The van der Waals surface area contributed by atoms with Crippen LogP contribution in [0.5, 0.6) is 0 Å². The van der Waals surface area contributed by atoms with Crippen molar-refractivity contribution in [2.45, 2.75) is 18.0 Å². The number of nitrogens with zero attached hydrogens (tertiary/aromatic N) is 1. The number of halogens is 2. The molecule has 1 amide bonds. The number of rotatable bonds is 8. The number of hydrogen-bond donors (Lipinski definition) is 1. The molecule has 0 atom stereocenters. The van der Waals surface area contributed by atoms with Crippen LogP contribution < -0.4 is 5.32 Å². The minimum atomic E-state index is -3.93. The van der Waals surface area contributed by atoms with Gasteiger partial charge in [-0.3, -0.25) is 4.79 Å². The van der Waals surface area contributed by atoms with Gasteiger partial charge in [0.1, 0.15) is 5.76 Å². The molecule has 152 valence electrons. The van der Waals surface area contributed by atoms with Gasteiger partial charge in [0.05, 0.1) is 24.2 Å². The molecule has 2 aromatic carbocycles. The third-order valence-corrected chi connectivity index (χ3v) is 6.82. The molecule has 0 aliphatic heterocycles. The Bertz CT molecular complexity index is 1070. The number of furan rings is 1. The van der Waals surface area contributed by atoms with Crippen LogP contribution in [0, 0.1) is 0 Å². The molecule has 0 aliphatic carbocycles. The summed E-state index contributed by atoms with van der Waals surface area (Å²) < 4.78 is 33.4. The Balaban J connectivity index is 1.83. The first-order valence-electron chi connectivity index (χ1n) is 8.64. The highest BCUT2D eigenvalue weighted by Gasteiger charge is 2.27. The summed E-state index contributed by atoms with van der Waals surface area (Å²) in [5.41, 5.74) is 0.605. The Hall–Kier alpha value is -2.13. The van der Waals surface area contributed by atoms with Crippen molar-refractivity contribution in [1.82, 2.24) is 9.62 Å². The van der Waals surface area contributed by atoms with Crippen LogP contribution in [0.3, 0.4) is 0 Å². The average molecular weight is 498 g/mol. The molecule has 29 heavy (non-hydrogen) atoms. The highest BCUT2D eigenvalue weighted by molar-refractivity contribution is 9.10. The molecule has 3 aromatic rings. The number of carbonyl (C=O) groups excluding carboxylic acids is 1. The Labute approximate surface area is 182 Å². The van der Waals surface area contributed by atoms with Gasteiger partial charge in [-0.2, -0.15) is 4.31 Å². The van der Waals surface area contributed by atoms with Crippen molar-refractivity contribution in [3.63, 3.8) is 0 Å². The molecule has 1 aromatic heterocycles. The molecule has 9 heteroatoms. The van der Waals surface area contributed by atoms with Crippen LogP contribution in [0.1, 0.15) is 11.3 Å². The van der Waals surface area contributed by atoms with Crippen molar-refractivity contribution in [1.29, 1.82) is 0 Å². The maximum Gasteiger partial charge on any atom is 0.243 e. The predicted molar refractivity (Wildman–Crippen MR) is 114 cm³/mol. The summed E-state index contributed by atoms with van der Waals surface area (Å²) in [6, 6.07) is 16.6. The van der Waals surface area contributed by atoms with E-state index in [1.807, 2.05) is 0 Å². The molecule has 1 heterocycles. The number of carbonyl (C=O) groups is 1. The molecular formula is C20H18BrClN2O4S. The second kappa shape index (κ2) is 9.58. The van der Waals surface area contributed by atoms with E-state index in [1.165, 1.54) is 18.4 Å². The van der Waals surface area contributed by atoms with Crippen molar-refractivity contribution >= 4 is 43.5 Å². The van der Waals surface area contributed by atoms with Crippen LogP contribution in [0.4, 0.5) is 0 Å². The fourth-order valence-electron chi connectivity index (χ4n) is 2.61. The maximum atomic E-state index is 13.2. The summed E-state index contributed by atoms with van der Waals surface area (Å²) in [5.74, 6) is 0.126. The number of benzene rings is 2. The lowest BCUT2D eigenvalue weighted by Crippen LogP contribution is -2.40. The average Bonchev–Trinajstić information content (AvgIpc) is 3.21. The van der Waals surface area contributed by atoms with Crippen molar-refractivity contribution in [2.24, 2.45) is 0 Å². The first-order valence-corrected chi connectivity index (χ1v) is 11.3. The van der Waals surface area contributed by atoms with E-state index in [1.54, 1.807) is 48.5 Å². The molecule has 0 unspecified atom stereocenters. The zero-order chi connectivity index (χ0) is 20.9. The molecule has 0 aliphatic rings. The van der Waals surface area contributed by atoms with Gasteiger partial charge in [-0.1, -0.05) is 45.7 Å². The second-order valence-electron chi connectivity index (χ2n) is 6.17. The van der Waals surface area contributed by atoms with Gasteiger partial charge in [-0.25, -0.2) is 8.42 Å². The van der Waals surface area contributed by atoms with E-state index in [4.69, 9.17) is 16.0 Å². The van der Waals surface area contributed by atoms with Crippen LogP contribution in [0.2, 0.25) is 5.02 Å². The summed E-state index contributed by atoms with van der Waals surface area (Å²) in [7, 11) is -3.93. The molecule has 0 spiro atoms. The number of amides is 1. The van der Waals surface area contributed by atoms with Crippen molar-refractivity contribution < 1.29 is 17.6 Å². The van der Waals surface area contributed by atoms with Crippen molar-refractivity contribution in [2.75, 3.05) is 6.54 Å². The third-order valence-electron chi connectivity index (χ3n) is 4.12. The normalized spacial score (nSPS) is 11.6. The van der Waals surface area contributed by atoms with E-state index >= 15 is 0 Å². The Morgan fingerprint density at radius 2 is 1.79 bits per heavy atom. The zero-order valence-corrected chi connectivity index (χ0v) is 18.4. The summed E-state index contributed by atoms with van der Waals surface area (Å²) >= 11 is 9.50. The van der Waals surface area contributed by atoms with Gasteiger partial charge < -0.3 is 9.73 Å². The minimum absolute atomic E-state index is 0.0355. The van der Waals surface area contributed by atoms with Crippen LogP contribution in [0.15, 0.2) is 80.7 Å². The molecule has 0 fully saturated rings. The number of nitrogens with one attached hydrogen (secondary N) is 1.